The highest BCUT2D eigenvalue weighted by Gasteiger charge is 2.45. The van der Waals surface area contributed by atoms with Gasteiger partial charge in [-0.3, -0.25) is 0 Å². The molecule has 0 bridgehead atoms. The molecule has 0 N–H and O–H groups in total. The number of benzene rings is 2. The lowest BCUT2D eigenvalue weighted by molar-refractivity contribution is 0.265. The summed E-state index contributed by atoms with van der Waals surface area (Å²) < 4.78 is 0. The second-order valence-electron chi connectivity index (χ2n) is 9.78. The summed E-state index contributed by atoms with van der Waals surface area (Å²) in [6, 6.07) is 13.7. The van der Waals surface area contributed by atoms with E-state index in [9.17, 15) is 0 Å². The number of fused-ring (bicyclic) bond motifs is 3. The highest BCUT2D eigenvalue weighted by atomic mass is 32.1. The molecule has 0 nitrogen and oxygen atoms in total. The van der Waals surface area contributed by atoms with E-state index in [0.717, 1.165) is 21.6 Å². The van der Waals surface area contributed by atoms with Crippen LogP contribution < -0.4 is 0 Å². The molecule has 2 atom stereocenters. The first-order chi connectivity index (χ1) is 15.0. The molecule has 2 aromatic rings. The van der Waals surface area contributed by atoms with Crippen LogP contribution in [0.2, 0.25) is 0 Å². The fourth-order valence-electron chi connectivity index (χ4n) is 5.87. The maximum Gasteiger partial charge on any atom is 0.0221 e. The van der Waals surface area contributed by atoms with E-state index < -0.39 is 0 Å². The Bertz CT molecular complexity index is 782. The van der Waals surface area contributed by atoms with Crippen molar-refractivity contribution < 1.29 is 0 Å². The highest BCUT2D eigenvalue weighted by Crippen LogP contribution is 2.57. The zero-order valence-corrected chi connectivity index (χ0v) is 21.9. The molecule has 2 heteroatoms. The average Bonchev–Trinajstić information content (AvgIpc) is 3.02. The van der Waals surface area contributed by atoms with Gasteiger partial charge in [0.2, 0.25) is 0 Å². The van der Waals surface area contributed by atoms with Gasteiger partial charge in [-0.2, -0.15) is 0 Å². The van der Waals surface area contributed by atoms with Crippen LogP contribution in [0.1, 0.15) is 103 Å². The molecule has 0 fully saturated rings. The summed E-state index contributed by atoms with van der Waals surface area (Å²) >= 11 is 9.57. The molecular weight excluding hydrogens is 412 g/mol. The summed E-state index contributed by atoms with van der Waals surface area (Å²) in [7, 11) is 0. The molecule has 0 amide bonds. The summed E-state index contributed by atoms with van der Waals surface area (Å²) in [5.41, 5.74) is 6.00. The molecule has 0 saturated heterocycles. The van der Waals surface area contributed by atoms with Gasteiger partial charge in [0.15, 0.2) is 0 Å². The van der Waals surface area contributed by atoms with E-state index in [1.54, 1.807) is 0 Å². The lowest BCUT2D eigenvalue weighted by atomic mass is 9.65. The van der Waals surface area contributed by atoms with Gasteiger partial charge in [0.25, 0.3) is 0 Å². The first kappa shape index (κ1) is 24.8. The van der Waals surface area contributed by atoms with Crippen molar-refractivity contribution in [2.45, 2.75) is 107 Å². The van der Waals surface area contributed by atoms with Gasteiger partial charge in [0, 0.05) is 15.2 Å². The summed E-state index contributed by atoms with van der Waals surface area (Å²) in [4.78, 5) is 2.18. The molecule has 0 radical (unpaired) electrons. The van der Waals surface area contributed by atoms with Crippen molar-refractivity contribution in [3.63, 3.8) is 0 Å². The predicted molar refractivity (Wildman–Crippen MR) is 143 cm³/mol. The lowest BCUT2D eigenvalue weighted by Crippen LogP contribution is -2.31. The van der Waals surface area contributed by atoms with Crippen LogP contribution in [0.5, 0.6) is 0 Å². The normalized spacial score (nSPS) is 16.1. The van der Waals surface area contributed by atoms with Crippen LogP contribution in [0.25, 0.3) is 11.1 Å². The van der Waals surface area contributed by atoms with E-state index >= 15 is 0 Å². The van der Waals surface area contributed by atoms with E-state index in [2.05, 4.69) is 64.1 Å². The van der Waals surface area contributed by atoms with Gasteiger partial charge < -0.3 is 0 Å². The Balaban J connectivity index is 2.16. The fraction of sp³-hybridized carbons (Fsp3) is 0.586. The van der Waals surface area contributed by atoms with Crippen molar-refractivity contribution in [3.05, 3.63) is 47.5 Å². The molecule has 0 aliphatic heterocycles. The van der Waals surface area contributed by atoms with Gasteiger partial charge in [0.05, 0.1) is 0 Å². The van der Waals surface area contributed by atoms with Crippen LogP contribution >= 0.6 is 25.3 Å². The molecule has 1 aliphatic rings. The number of unbranched alkanes of at least 4 members (excludes halogenated alkanes) is 2. The van der Waals surface area contributed by atoms with E-state index in [1.165, 1.54) is 86.5 Å². The Labute approximate surface area is 202 Å². The Morgan fingerprint density at radius 3 is 1.45 bits per heavy atom. The maximum absolute atomic E-state index is 4.78. The van der Waals surface area contributed by atoms with Crippen LogP contribution in [0, 0.1) is 11.8 Å². The van der Waals surface area contributed by atoms with Crippen LogP contribution in [-0.2, 0) is 5.41 Å². The van der Waals surface area contributed by atoms with E-state index in [0.29, 0.717) is 0 Å². The molecule has 170 valence electrons. The monoisotopic (exact) mass is 454 g/mol. The maximum atomic E-state index is 4.78. The van der Waals surface area contributed by atoms with Crippen molar-refractivity contribution in [3.8, 4) is 11.1 Å². The molecule has 3 rings (SSSR count). The van der Waals surface area contributed by atoms with Crippen LogP contribution in [0.4, 0.5) is 0 Å². The van der Waals surface area contributed by atoms with Crippen molar-refractivity contribution in [1.29, 1.82) is 0 Å². The molecule has 2 aromatic carbocycles. The first-order valence-corrected chi connectivity index (χ1v) is 13.6. The fourth-order valence-corrected chi connectivity index (χ4v) is 6.27. The van der Waals surface area contributed by atoms with Crippen molar-refractivity contribution in [2.24, 2.45) is 11.8 Å². The summed E-state index contributed by atoms with van der Waals surface area (Å²) in [6.45, 7) is 9.42. The molecular formula is C29H42S2. The Hall–Kier alpha value is -0.860. The van der Waals surface area contributed by atoms with Crippen molar-refractivity contribution in [1.82, 2.24) is 0 Å². The molecule has 0 spiro atoms. The third-order valence-electron chi connectivity index (χ3n) is 7.69. The quantitative estimate of drug-likeness (QED) is 0.293. The molecule has 0 heterocycles. The average molecular weight is 455 g/mol. The Kier molecular flexibility index (Phi) is 9.05. The third-order valence-corrected chi connectivity index (χ3v) is 8.24. The van der Waals surface area contributed by atoms with Gasteiger partial charge in [-0.1, -0.05) is 91.2 Å². The third kappa shape index (κ3) is 5.38. The van der Waals surface area contributed by atoms with Gasteiger partial charge in [-0.25, -0.2) is 0 Å². The zero-order valence-electron chi connectivity index (χ0n) is 20.1. The molecule has 0 aromatic heterocycles. The highest BCUT2D eigenvalue weighted by molar-refractivity contribution is 7.80. The van der Waals surface area contributed by atoms with Gasteiger partial charge in [0.1, 0.15) is 0 Å². The molecule has 31 heavy (non-hydrogen) atoms. The summed E-state index contributed by atoms with van der Waals surface area (Å²) in [5.74, 6) is 1.52. The van der Waals surface area contributed by atoms with Gasteiger partial charge in [-0.05, 0) is 71.2 Å². The van der Waals surface area contributed by atoms with Crippen LogP contribution in [0.3, 0.4) is 0 Å². The van der Waals surface area contributed by atoms with Crippen LogP contribution in [-0.4, -0.2) is 0 Å². The van der Waals surface area contributed by atoms with Crippen molar-refractivity contribution >= 4 is 25.3 Å². The zero-order chi connectivity index (χ0) is 22.4. The Morgan fingerprint density at radius 1 is 0.677 bits per heavy atom. The van der Waals surface area contributed by atoms with Gasteiger partial charge >= 0.3 is 0 Å². The summed E-state index contributed by atoms with van der Waals surface area (Å²) in [6.07, 6.45) is 12.9. The largest absolute Gasteiger partial charge is 0.143 e. The van der Waals surface area contributed by atoms with Crippen molar-refractivity contribution in [2.75, 3.05) is 0 Å². The minimum absolute atomic E-state index is 0.0883. The van der Waals surface area contributed by atoms with E-state index in [-0.39, 0.29) is 5.41 Å². The number of hydrogen-bond donors (Lipinski definition) is 2. The molecule has 1 aliphatic carbocycles. The molecule has 0 saturated carbocycles. The number of hydrogen-bond acceptors (Lipinski definition) is 2. The summed E-state index contributed by atoms with van der Waals surface area (Å²) in [5, 5.41) is 0. The lowest BCUT2D eigenvalue weighted by Gasteiger charge is -2.39. The smallest absolute Gasteiger partial charge is 0.0221 e. The van der Waals surface area contributed by atoms with Gasteiger partial charge in [-0.15, -0.1) is 25.3 Å². The Morgan fingerprint density at radius 2 is 1.10 bits per heavy atom. The minimum atomic E-state index is 0.0883. The van der Waals surface area contributed by atoms with E-state index in [1.807, 2.05) is 0 Å². The minimum Gasteiger partial charge on any atom is -0.143 e. The van der Waals surface area contributed by atoms with Crippen LogP contribution in [0.15, 0.2) is 46.2 Å². The second kappa shape index (κ2) is 11.3. The number of thiol groups is 2. The second-order valence-corrected chi connectivity index (χ2v) is 10.8. The number of rotatable bonds is 12. The molecule has 2 unspecified atom stereocenters. The van der Waals surface area contributed by atoms with E-state index in [4.69, 9.17) is 25.3 Å². The topological polar surface area (TPSA) is 0 Å². The SMILES string of the molecule is CCCCC(CC)CC1(CC(CC)CCCC)c2cc(S)ccc2-c2ccc(S)cc21. The first-order valence-electron chi connectivity index (χ1n) is 12.7. The standard InChI is InChI=1S/C29H42S2/c1-5-9-11-21(7-3)19-29(20-22(8-4)12-10-6-2)27-17-23(30)13-15-25(27)26-16-14-24(31)18-28(26)29/h13-18,21-22,30-31H,5-12,19-20H2,1-4H3. The predicted octanol–water partition coefficient (Wildman–Crippen LogP) is 9.74.